The van der Waals surface area contributed by atoms with Crippen LogP contribution in [0.5, 0.6) is 5.75 Å². The van der Waals surface area contributed by atoms with Crippen molar-refractivity contribution in [3.63, 3.8) is 0 Å². The molecule has 2 rings (SSSR count). The largest absolute Gasteiger partial charge is 0.497 e. The van der Waals surface area contributed by atoms with Gasteiger partial charge in [0.25, 0.3) is 0 Å². The molecule has 1 aliphatic rings. The molecule has 0 saturated carbocycles. The highest BCUT2D eigenvalue weighted by atomic mass is 127. The minimum absolute atomic E-state index is 0. The molecule has 1 aromatic carbocycles. The van der Waals surface area contributed by atoms with Crippen LogP contribution in [0, 0.1) is 5.92 Å². The van der Waals surface area contributed by atoms with Gasteiger partial charge in [-0.2, -0.15) is 13.2 Å². The first-order valence-corrected chi connectivity index (χ1v) is 10.2. The number of piperidine rings is 1. The first-order chi connectivity index (χ1) is 13.8. The Morgan fingerprint density at radius 2 is 1.90 bits per heavy atom. The minimum Gasteiger partial charge on any atom is -0.497 e. The Morgan fingerprint density at radius 3 is 2.47 bits per heavy atom. The normalized spacial score (nSPS) is 16.1. The molecule has 172 valence electrons. The zero-order valence-corrected chi connectivity index (χ0v) is 20.5. The minimum atomic E-state index is -4.11. The number of halogens is 5. The molecule has 0 aromatic heterocycles. The fraction of sp³-hybridized carbons (Fsp3) is 0.650. The van der Waals surface area contributed by atoms with Crippen molar-refractivity contribution in [3.05, 3.63) is 28.8 Å². The zero-order chi connectivity index (χ0) is 21.3. The lowest BCUT2D eigenvalue weighted by atomic mass is 9.93. The molecule has 0 unspecified atom stereocenters. The highest BCUT2D eigenvalue weighted by Gasteiger charge is 2.32. The average molecular weight is 563 g/mol. The van der Waals surface area contributed by atoms with E-state index in [-0.39, 0.29) is 24.0 Å². The standard InChI is InChI=1S/C20H30ClF3N4O.HI/c1-25-19(27-10-6-16-3-4-17(29-2)13-18(16)21)26-9-5-15-7-11-28(12-8-15)14-20(22,23)24;/h3-4,13,15H,5-12,14H2,1-2H3,(H2,25,26,27);1H. The highest BCUT2D eigenvalue weighted by molar-refractivity contribution is 14.0. The van der Waals surface area contributed by atoms with Gasteiger partial charge >= 0.3 is 6.18 Å². The van der Waals surface area contributed by atoms with E-state index in [0.717, 1.165) is 43.5 Å². The van der Waals surface area contributed by atoms with Gasteiger partial charge in [-0.15, -0.1) is 24.0 Å². The molecule has 30 heavy (non-hydrogen) atoms. The quantitative estimate of drug-likeness (QED) is 0.281. The summed E-state index contributed by atoms with van der Waals surface area (Å²) < 4.78 is 42.5. The molecule has 1 heterocycles. The summed E-state index contributed by atoms with van der Waals surface area (Å²) in [5, 5.41) is 7.21. The Balaban J connectivity index is 0.00000450. The van der Waals surface area contributed by atoms with Gasteiger partial charge in [-0.1, -0.05) is 17.7 Å². The van der Waals surface area contributed by atoms with Gasteiger partial charge in [0.15, 0.2) is 5.96 Å². The predicted octanol–water partition coefficient (Wildman–Crippen LogP) is 4.34. The fourth-order valence-electron chi connectivity index (χ4n) is 3.48. The molecule has 2 N–H and O–H groups in total. The van der Waals surface area contributed by atoms with Crippen LogP contribution in [0.15, 0.2) is 23.2 Å². The monoisotopic (exact) mass is 562 g/mol. The van der Waals surface area contributed by atoms with E-state index in [9.17, 15) is 13.2 Å². The van der Waals surface area contributed by atoms with E-state index in [2.05, 4.69) is 15.6 Å². The molecule has 1 fully saturated rings. The molecule has 1 aliphatic heterocycles. The summed E-state index contributed by atoms with van der Waals surface area (Å²) in [6, 6.07) is 5.63. The van der Waals surface area contributed by atoms with Gasteiger partial charge in [0.1, 0.15) is 5.75 Å². The van der Waals surface area contributed by atoms with Crippen LogP contribution in [0.4, 0.5) is 13.2 Å². The van der Waals surface area contributed by atoms with Crippen LogP contribution in [-0.2, 0) is 6.42 Å². The Kier molecular flexibility index (Phi) is 12.2. The van der Waals surface area contributed by atoms with Crippen molar-refractivity contribution in [2.45, 2.75) is 31.9 Å². The summed E-state index contributed by atoms with van der Waals surface area (Å²) in [6.45, 7) is 1.65. The molecule has 0 amide bonds. The number of alkyl halides is 3. The summed E-state index contributed by atoms with van der Waals surface area (Å²) in [5.41, 5.74) is 1.03. The van der Waals surface area contributed by atoms with Gasteiger partial charge in [-0.3, -0.25) is 9.89 Å². The molecule has 1 aromatic rings. The van der Waals surface area contributed by atoms with E-state index in [1.165, 1.54) is 4.90 Å². The van der Waals surface area contributed by atoms with E-state index in [1.807, 2.05) is 12.1 Å². The van der Waals surface area contributed by atoms with Gasteiger partial charge in [-0.25, -0.2) is 0 Å². The van der Waals surface area contributed by atoms with E-state index in [0.29, 0.717) is 36.5 Å². The number of nitrogens with one attached hydrogen (secondary N) is 2. The van der Waals surface area contributed by atoms with Crippen molar-refractivity contribution in [1.82, 2.24) is 15.5 Å². The van der Waals surface area contributed by atoms with Crippen molar-refractivity contribution < 1.29 is 17.9 Å². The summed E-state index contributed by atoms with van der Waals surface area (Å²) in [4.78, 5) is 5.71. The van der Waals surface area contributed by atoms with Crippen LogP contribution >= 0.6 is 35.6 Å². The molecule has 1 saturated heterocycles. The number of guanidine groups is 1. The second-order valence-corrected chi connectivity index (χ2v) is 7.66. The maximum atomic E-state index is 12.4. The molecular formula is C20H31ClF3IN4O. The molecule has 5 nitrogen and oxygen atoms in total. The number of nitrogens with zero attached hydrogens (tertiary/aromatic N) is 2. The Hall–Kier alpha value is -0.940. The van der Waals surface area contributed by atoms with E-state index >= 15 is 0 Å². The summed E-state index contributed by atoms with van der Waals surface area (Å²) in [6.07, 6.45) is -0.825. The number of aliphatic imine (C=N–C) groups is 1. The summed E-state index contributed by atoms with van der Waals surface area (Å²) in [5.74, 6) is 1.89. The van der Waals surface area contributed by atoms with Crippen LogP contribution in [-0.4, -0.2) is 63.9 Å². The molecular weight excluding hydrogens is 532 g/mol. The Morgan fingerprint density at radius 1 is 1.23 bits per heavy atom. The maximum Gasteiger partial charge on any atom is 0.401 e. The number of ether oxygens (including phenoxy) is 1. The van der Waals surface area contributed by atoms with Crippen molar-refractivity contribution >= 4 is 41.5 Å². The fourth-order valence-corrected chi connectivity index (χ4v) is 3.74. The van der Waals surface area contributed by atoms with Crippen LogP contribution in [0.3, 0.4) is 0 Å². The Bertz CT molecular complexity index is 668. The number of rotatable bonds is 8. The maximum absolute atomic E-state index is 12.4. The molecule has 0 aliphatic carbocycles. The lowest BCUT2D eigenvalue weighted by molar-refractivity contribution is -0.148. The van der Waals surface area contributed by atoms with Gasteiger partial charge in [0.05, 0.1) is 13.7 Å². The molecule has 0 bridgehead atoms. The molecule has 0 radical (unpaired) electrons. The first kappa shape index (κ1) is 27.1. The zero-order valence-electron chi connectivity index (χ0n) is 17.4. The second-order valence-electron chi connectivity index (χ2n) is 7.26. The third-order valence-electron chi connectivity index (χ3n) is 5.13. The van der Waals surface area contributed by atoms with Crippen molar-refractivity contribution in [2.24, 2.45) is 10.9 Å². The third-order valence-corrected chi connectivity index (χ3v) is 5.48. The third kappa shape index (κ3) is 9.91. The van der Waals surface area contributed by atoms with E-state index < -0.39 is 12.7 Å². The van der Waals surface area contributed by atoms with Crippen LogP contribution < -0.4 is 15.4 Å². The lowest BCUT2D eigenvalue weighted by Crippen LogP contribution is -2.42. The first-order valence-electron chi connectivity index (χ1n) is 9.86. The summed E-state index contributed by atoms with van der Waals surface area (Å²) in [7, 11) is 3.32. The topological polar surface area (TPSA) is 48.9 Å². The average Bonchev–Trinajstić information content (AvgIpc) is 2.68. The van der Waals surface area contributed by atoms with Gasteiger partial charge < -0.3 is 15.4 Å². The van der Waals surface area contributed by atoms with Crippen molar-refractivity contribution in [2.75, 3.05) is 46.9 Å². The van der Waals surface area contributed by atoms with Crippen molar-refractivity contribution in [1.29, 1.82) is 0 Å². The summed E-state index contributed by atoms with van der Waals surface area (Å²) >= 11 is 6.25. The number of hydrogen-bond acceptors (Lipinski definition) is 3. The van der Waals surface area contributed by atoms with Crippen LogP contribution in [0.25, 0.3) is 0 Å². The van der Waals surface area contributed by atoms with Crippen molar-refractivity contribution in [3.8, 4) is 5.75 Å². The number of benzene rings is 1. The second kappa shape index (κ2) is 13.5. The van der Waals surface area contributed by atoms with Gasteiger partial charge in [0.2, 0.25) is 0 Å². The predicted molar refractivity (Wildman–Crippen MR) is 126 cm³/mol. The molecule has 10 heteroatoms. The molecule has 0 spiro atoms. The highest BCUT2D eigenvalue weighted by Crippen LogP contribution is 2.24. The van der Waals surface area contributed by atoms with Crippen LogP contribution in [0.2, 0.25) is 5.02 Å². The number of likely N-dealkylation sites (tertiary alicyclic amines) is 1. The number of methoxy groups -OCH3 is 1. The number of hydrogen-bond donors (Lipinski definition) is 2. The van der Waals surface area contributed by atoms with Crippen LogP contribution in [0.1, 0.15) is 24.8 Å². The van der Waals surface area contributed by atoms with Gasteiger partial charge in [0, 0.05) is 25.2 Å². The van der Waals surface area contributed by atoms with E-state index in [1.54, 1.807) is 20.2 Å². The smallest absolute Gasteiger partial charge is 0.401 e. The molecule has 0 atom stereocenters. The lowest BCUT2D eigenvalue weighted by Gasteiger charge is -2.32. The Labute approximate surface area is 198 Å². The van der Waals surface area contributed by atoms with Gasteiger partial charge in [-0.05, 0) is 62.4 Å². The SMILES string of the molecule is CN=C(NCCc1ccc(OC)cc1Cl)NCCC1CCN(CC(F)(F)F)CC1.I. The van der Waals surface area contributed by atoms with E-state index in [4.69, 9.17) is 16.3 Å².